The van der Waals surface area contributed by atoms with Crippen LogP contribution in [0.5, 0.6) is 0 Å². The highest BCUT2D eigenvalue weighted by Gasteiger charge is 2.39. The molecule has 0 heterocycles. The first-order valence-electron chi connectivity index (χ1n) is 5.50. The standard InChI is InChI=1S/C14H14N2O2/c15-14(13(17)18-16,11-7-3-1-4-8-11)12-9-5-2-6-10-12/h1-10H,15-16H2. The lowest BCUT2D eigenvalue weighted by atomic mass is 9.84. The van der Waals surface area contributed by atoms with E-state index >= 15 is 0 Å². The molecule has 0 aliphatic rings. The summed E-state index contributed by atoms with van der Waals surface area (Å²) in [4.78, 5) is 16.3. The molecule has 0 spiro atoms. The molecule has 0 atom stereocenters. The maximum atomic E-state index is 12.0. The van der Waals surface area contributed by atoms with Crippen LogP contribution >= 0.6 is 0 Å². The second-order valence-corrected chi connectivity index (χ2v) is 3.95. The highest BCUT2D eigenvalue weighted by atomic mass is 16.7. The van der Waals surface area contributed by atoms with Gasteiger partial charge in [-0.25, -0.2) is 4.79 Å². The second kappa shape index (κ2) is 5.00. The van der Waals surface area contributed by atoms with Gasteiger partial charge in [-0.15, -0.1) is 0 Å². The van der Waals surface area contributed by atoms with E-state index in [4.69, 9.17) is 11.6 Å². The average Bonchev–Trinajstić information content (AvgIpc) is 2.47. The van der Waals surface area contributed by atoms with Gasteiger partial charge in [-0.3, -0.25) is 0 Å². The lowest BCUT2D eigenvalue weighted by Gasteiger charge is -2.27. The van der Waals surface area contributed by atoms with E-state index in [9.17, 15) is 4.79 Å². The molecule has 0 bridgehead atoms. The maximum Gasteiger partial charge on any atom is 0.353 e. The van der Waals surface area contributed by atoms with Gasteiger partial charge in [-0.05, 0) is 11.1 Å². The average molecular weight is 242 g/mol. The van der Waals surface area contributed by atoms with Gasteiger partial charge >= 0.3 is 5.97 Å². The van der Waals surface area contributed by atoms with Crippen LogP contribution in [0.1, 0.15) is 11.1 Å². The summed E-state index contributed by atoms with van der Waals surface area (Å²) in [6.07, 6.45) is 0. The van der Waals surface area contributed by atoms with Crippen molar-refractivity contribution in [3.63, 3.8) is 0 Å². The van der Waals surface area contributed by atoms with Gasteiger partial charge in [-0.2, -0.15) is 5.90 Å². The van der Waals surface area contributed by atoms with Crippen molar-refractivity contribution in [2.75, 3.05) is 0 Å². The van der Waals surface area contributed by atoms with Crippen molar-refractivity contribution in [2.24, 2.45) is 11.6 Å². The minimum Gasteiger partial charge on any atom is -0.371 e. The molecular formula is C14H14N2O2. The maximum absolute atomic E-state index is 12.0. The third-order valence-electron chi connectivity index (χ3n) is 2.89. The van der Waals surface area contributed by atoms with Gasteiger partial charge in [-0.1, -0.05) is 60.7 Å². The minimum atomic E-state index is -1.39. The summed E-state index contributed by atoms with van der Waals surface area (Å²) in [5.41, 5.74) is 6.11. The van der Waals surface area contributed by atoms with Crippen LogP contribution in [0.2, 0.25) is 0 Å². The van der Waals surface area contributed by atoms with E-state index in [0.717, 1.165) is 0 Å². The number of nitrogens with two attached hydrogens (primary N) is 2. The fraction of sp³-hybridized carbons (Fsp3) is 0.0714. The Morgan fingerprint density at radius 3 is 1.61 bits per heavy atom. The largest absolute Gasteiger partial charge is 0.371 e. The number of carbonyl (C=O) groups is 1. The first kappa shape index (κ1) is 12.3. The Kier molecular flexibility index (Phi) is 3.41. The zero-order valence-electron chi connectivity index (χ0n) is 9.74. The summed E-state index contributed by atoms with van der Waals surface area (Å²) >= 11 is 0. The van der Waals surface area contributed by atoms with Gasteiger partial charge < -0.3 is 10.6 Å². The monoisotopic (exact) mass is 242 g/mol. The van der Waals surface area contributed by atoms with Crippen molar-refractivity contribution in [1.29, 1.82) is 0 Å². The Hall–Kier alpha value is -2.17. The smallest absolute Gasteiger partial charge is 0.353 e. The first-order valence-corrected chi connectivity index (χ1v) is 5.50. The van der Waals surface area contributed by atoms with Crippen molar-refractivity contribution in [2.45, 2.75) is 5.54 Å². The molecule has 0 aromatic heterocycles. The number of carbonyl (C=O) groups excluding carboxylic acids is 1. The molecule has 92 valence electrons. The summed E-state index contributed by atoms with van der Waals surface area (Å²) in [6.45, 7) is 0. The van der Waals surface area contributed by atoms with Crippen molar-refractivity contribution in [3.8, 4) is 0 Å². The molecular weight excluding hydrogens is 228 g/mol. The van der Waals surface area contributed by atoms with E-state index in [1.165, 1.54) is 0 Å². The van der Waals surface area contributed by atoms with Crippen LogP contribution in [-0.2, 0) is 15.2 Å². The molecule has 4 heteroatoms. The predicted octanol–water partition coefficient (Wildman–Crippen LogP) is 1.31. The van der Waals surface area contributed by atoms with Crippen molar-refractivity contribution in [3.05, 3.63) is 71.8 Å². The van der Waals surface area contributed by atoms with Gasteiger partial charge in [0.2, 0.25) is 0 Å². The van der Waals surface area contributed by atoms with Crippen LogP contribution in [0.15, 0.2) is 60.7 Å². The van der Waals surface area contributed by atoms with Crippen molar-refractivity contribution < 1.29 is 9.63 Å². The second-order valence-electron chi connectivity index (χ2n) is 3.95. The molecule has 0 fully saturated rings. The van der Waals surface area contributed by atoms with E-state index < -0.39 is 11.5 Å². The molecule has 2 rings (SSSR count). The van der Waals surface area contributed by atoms with Gasteiger partial charge in [0.1, 0.15) is 0 Å². The molecule has 2 aromatic carbocycles. The normalized spacial score (nSPS) is 11.0. The zero-order chi connectivity index (χ0) is 13.0. The quantitative estimate of drug-likeness (QED) is 0.795. The fourth-order valence-electron chi connectivity index (χ4n) is 1.90. The molecule has 0 aliphatic heterocycles. The summed E-state index contributed by atoms with van der Waals surface area (Å²) in [6, 6.07) is 18.0. The Morgan fingerprint density at radius 2 is 1.28 bits per heavy atom. The minimum absolute atomic E-state index is 0.631. The molecule has 0 saturated carbocycles. The van der Waals surface area contributed by atoms with Crippen LogP contribution in [0.4, 0.5) is 0 Å². The molecule has 4 N–H and O–H groups in total. The van der Waals surface area contributed by atoms with Gasteiger partial charge in [0, 0.05) is 0 Å². The molecule has 0 amide bonds. The number of benzene rings is 2. The third-order valence-corrected chi connectivity index (χ3v) is 2.89. The topological polar surface area (TPSA) is 78.3 Å². The highest BCUT2D eigenvalue weighted by Crippen LogP contribution is 2.27. The Balaban J connectivity index is 2.59. The zero-order valence-corrected chi connectivity index (χ0v) is 9.74. The first-order chi connectivity index (χ1) is 8.69. The molecule has 18 heavy (non-hydrogen) atoms. The molecule has 0 saturated heterocycles. The summed E-state index contributed by atoms with van der Waals surface area (Å²) in [5, 5.41) is 0. The van der Waals surface area contributed by atoms with Crippen LogP contribution < -0.4 is 11.6 Å². The molecule has 2 aromatic rings. The van der Waals surface area contributed by atoms with Crippen molar-refractivity contribution >= 4 is 5.97 Å². The number of rotatable bonds is 3. The lowest BCUT2D eigenvalue weighted by Crippen LogP contribution is -2.48. The van der Waals surface area contributed by atoms with Gasteiger partial charge in [0.25, 0.3) is 0 Å². The van der Waals surface area contributed by atoms with E-state index in [1.807, 2.05) is 36.4 Å². The molecule has 0 radical (unpaired) electrons. The number of hydrogen-bond donors (Lipinski definition) is 2. The summed E-state index contributed by atoms with van der Waals surface area (Å²) < 4.78 is 0. The molecule has 0 unspecified atom stereocenters. The SMILES string of the molecule is NOC(=O)C(N)(c1ccccc1)c1ccccc1. The summed E-state index contributed by atoms with van der Waals surface area (Å²) in [7, 11) is 0. The predicted molar refractivity (Wildman–Crippen MR) is 68.1 cm³/mol. The third kappa shape index (κ3) is 1.99. The van der Waals surface area contributed by atoms with Gasteiger partial charge in [0.15, 0.2) is 5.54 Å². The van der Waals surface area contributed by atoms with Crippen LogP contribution in [0.25, 0.3) is 0 Å². The van der Waals surface area contributed by atoms with Crippen LogP contribution in [0, 0.1) is 0 Å². The highest BCUT2D eigenvalue weighted by molar-refractivity contribution is 5.86. The van der Waals surface area contributed by atoms with E-state index in [0.29, 0.717) is 11.1 Å². The number of hydrogen-bond acceptors (Lipinski definition) is 4. The Labute approximate surface area is 105 Å². The van der Waals surface area contributed by atoms with E-state index in [1.54, 1.807) is 24.3 Å². The molecule has 4 nitrogen and oxygen atoms in total. The summed E-state index contributed by atoms with van der Waals surface area (Å²) in [5.74, 6) is 4.31. The molecule has 0 aliphatic carbocycles. The Morgan fingerprint density at radius 1 is 0.889 bits per heavy atom. The van der Waals surface area contributed by atoms with E-state index in [2.05, 4.69) is 4.84 Å². The van der Waals surface area contributed by atoms with Gasteiger partial charge in [0.05, 0.1) is 0 Å². The van der Waals surface area contributed by atoms with E-state index in [-0.39, 0.29) is 0 Å². The van der Waals surface area contributed by atoms with Crippen molar-refractivity contribution in [1.82, 2.24) is 0 Å². The Bertz CT molecular complexity index is 487. The fourth-order valence-corrected chi connectivity index (χ4v) is 1.90. The van der Waals surface area contributed by atoms with Crippen LogP contribution in [0.3, 0.4) is 0 Å². The lowest BCUT2D eigenvalue weighted by molar-refractivity contribution is -0.149. The van der Waals surface area contributed by atoms with Crippen LogP contribution in [-0.4, -0.2) is 5.97 Å².